The average molecular weight is 298 g/mol. The summed E-state index contributed by atoms with van der Waals surface area (Å²) in [5.41, 5.74) is 0. The van der Waals surface area contributed by atoms with Crippen LogP contribution in [0.15, 0.2) is 0 Å². The van der Waals surface area contributed by atoms with E-state index < -0.39 is 0 Å². The molecule has 0 bridgehead atoms. The fraction of sp³-hybridized carbons (Fsp3) is 1.00. The smallest absolute Gasteiger partial charge is 0.0195 e. The summed E-state index contributed by atoms with van der Waals surface area (Å²) < 4.78 is 2.72. The molecule has 0 spiro atoms. The molecule has 0 aromatic carbocycles. The van der Waals surface area contributed by atoms with Crippen molar-refractivity contribution in [2.75, 3.05) is 6.54 Å². The monoisotopic (exact) mass is 297 g/mol. The van der Waals surface area contributed by atoms with Crippen LogP contribution in [0.4, 0.5) is 0 Å². The number of piperidine rings is 1. The van der Waals surface area contributed by atoms with Gasteiger partial charge in [-0.15, -0.1) is 0 Å². The zero-order valence-electron chi connectivity index (χ0n) is 13.6. The molecule has 20 heavy (non-hydrogen) atoms. The molecule has 118 valence electrons. The third-order valence-corrected chi connectivity index (χ3v) is 6.66. The lowest BCUT2D eigenvalue weighted by Gasteiger charge is -2.35. The third-order valence-electron chi connectivity index (χ3n) is 5.08. The van der Waals surface area contributed by atoms with Crippen LogP contribution < -0.4 is 0 Å². The van der Waals surface area contributed by atoms with E-state index in [0.717, 1.165) is 11.3 Å². The molecule has 1 saturated heterocycles. The SMILES string of the molecule is CC1CCCCN1SC1CCCCCCCCCCC1. The minimum atomic E-state index is 0.815. The largest absolute Gasteiger partial charge is 0.248 e. The van der Waals surface area contributed by atoms with Gasteiger partial charge >= 0.3 is 0 Å². The maximum Gasteiger partial charge on any atom is 0.0195 e. The molecule has 1 saturated carbocycles. The highest BCUT2D eigenvalue weighted by Gasteiger charge is 2.22. The van der Waals surface area contributed by atoms with E-state index in [0.29, 0.717) is 0 Å². The Morgan fingerprint density at radius 1 is 0.650 bits per heavy atom. The normalized spacial score (nSPS) is 29.6. The van der Waals surface area contributed by atoms with Crippen molar-refractivity contribution in [3.63, 3.8) is 0 Å². The summed E-state index contributed by atoms with van der Waals surface area (Å²) in [6.07, 6.45) is 20.5. The van der Waals surface area contributed by atoms with Gasteiger partial charge in [-0.1, -0.05) is 76.2 Å². The van der Waals surface area contributed by atoms with E-state index in [2.05, 4.69) is 23.2 Å². The predicted octanol–water partition coefficient (Wildman–Crippen LogP) is 6.18. The third kappa shape index (κ3) is 6.39. The Hall–Kier alpha value is 0.310. The topological polar surface area (TPSA) is 3.24 Å². The minimum absolute atomic E-state index is 0.815. The van der Waals surface area contributed by atoms with Crippen LogP contribution in [-0.2, 0) is 0 Å². The predicted molar refractivity (Wildman–Crippen MR) is 92.2 cm³/mol. The van der Waals surface area contributed by atoms with Gasteiger partial charge in [0.1, 0.15) is 0 Å². The summed E-state index contributed by atoms with van der Waals surface area (Å²) in [4.78, 5) is 0. The van der Waals surface area contributed by atoms with Crippen molar-refractivity contribution in [1.29, 1.82) is 0 Å². The van der Waals surface area contributed by atoms with Gasteiger partial charge in [-0.3, -0.25) is 0 Å². The fourth-order valence-corrected chi connectivity index (χ4v) is 5.13. The van der Waals surface area contributed by atoms with Crippen molar-refractivity contribution in [1.82, 2.24) is 4.31 Å². The maximum absolute atomic E-state index is 2.72. The molecule has 0 aromatic rings. The highest BCUT2D eigenvalue weighted by atomic mass is 32.2. The molecule has 0 radical (unpaired) electrons. The summed E-state index contributed by atoms with van der Waals surface area (Å²) in [6.45, 7) is 3.77. The molecule has 1 unspecified atom stereocenters. The van der Waals surface area contributed by atoms with Crippen molar-refractivity contribution in [3.05, 3.63) is 0 Å². The molecule has 0 N–H and O–H groups in total. The van der Waals surface area contributed by atoms with Gasteiger partial charge in [-0.05, 0) is 32.6 Å². The van der Waals surface area contributed by atoms with E-state index in [1.54, 1.807) is 0 Å². The van der Waals surface area contributed by atoms with Gasteiger partial charge in [0.15, 0.2) is 0 Å². The lowest BCUT2D eigenvalue weighted by Crippen LogP contribution is -2.33. The first-order valence-corrected chi connectivity index (χ1v) is 10.1. The molecule has 1 aliphatic heterocycles. The number of hydrogen-bond acceptors (Lipinski definition) is 2. The first-order valence-electron chi connectivity index (χ1n) is 9.29. The molecule has 2 heteroatoms. The summed E-state index contributed by atoms with van der Waals surface area (Å²) in [6, 6.07) is 0.815. The number of rotatable bonds is 2. The van der Waals surface area contributed by atoms with Crippen molar-refractivity contribution in [2.45, 2.75) is 108 Å². The lowest BCUT2D eigenvalue weighted by atomic mass is 10.0. The highest BCUT2D eigenvalue weighted by Crippen LogP contribution is 2.32. The Morgan fingerprint density at radius 3 is 1.70 bits per heavy atom. The van der Waals surface area contributed by atoms with E-state index in [1.807, 2.05) is 0 Å². The number of hydrogen-bond donors (Lipinski definition) is 0. The highest BCUT2D eigenvalue weighted by molar-refractivity contribution is 7.97. The summed E-state index contributed by atoms with van der Waals surface area (Å²) in [5, 5.41) is 0.912. The molecular formula is C18H35NS. The van der Waals surface area contributed by atoms with Crippen LogP contribution in [0.2, 0.25) is 0 Å². The average Bonchev–Trinajstić information content (AvgIpc) is 2.44. The molecule has 1 nitrogen and oxygen atoms in total. The van der Waals surface area contributed by atoms with Crippen LogP contribution in [0.25, 0.3) is 0 Å². The van der Waals surface area contributed by atoms with Gasteiger partial charge in [-0.25, -0.2) is 4.31 Å². The van der Waals surface area contributed by atoms with E-state index >= 15 is 0 Å². The van der Waals surface area contributed by atoms with E-state index in [-0.39, 0.29) is 0 Å². The first kappa shape index (κ1) is 16.7. The standard InChI is InChI=1S/C18H35NS/c1-17-13-11-12-16-19(17)20-18-14-9-7-5-3-2-4-6-8-10-15-18/h17-18H,2-16H2,1H3. The van der Waals surface area contributed by atoms with Crippen LogP contribution in [-0.4, -0.2) is 22.1 Å². The first-order chi connectivity index (χ1) is 9.86. The van der Waals surface area contributed by atoms with E-state index in [9.17, 15) is 0 Å². The van der Waals surface area contributed by atoms with Crippen molar-refractivity contribution in [2.24, 2.45) is 0 Å². The quantitative estimate of drug-likeness (QED) is 0.560. The molecule has 1 atom stereocenters. The minimum Gasteiger partial charge on any atom is -0.248 e. The zero-order valence-corrected chi connectivity index (χ0v) is 14.4. The van der Waals surface area contributed by atoms with Crippen LogP contribution in [0.5, 0.6) is 0 Å². The fourth-order valence-electron chi connectivity index (χ4n) is 3.65. The molecule has 2 fully saturated rings. The summed E-state index contributed by atoms with van der Waals surface area (Å²) in [5.74, 6) is 0. The molecular weight excluding hydrogens is 262 g/mol. The Morgan fingerprint density at radius 2 is 1.15 bits per heavy atom. The van der Waals surface area contributed by atoms with Crippen LogP contribution in [0.3, 0.4) is 0 Å². The van der Waals surface area contributed by atoms with Crippen LogP contribution >= 0.6 is 11.9 Å². The van der Waals surface area contributed by atoms with E-state index in [4.69, 9.17) is 0 Å². The van der Waals surface area contributed by atoms with Gasteiger partial charge in [0.25, 0.3) is 0 Å². The van der Waals surface area contributed by atoms with Gasteiger partial charge in [-0.2, -0.15) is 0 Å². The molecule has 1 aliphatic carbocycles. The van der Waals surface area contributed by atoms with Crippen molar-refractivity contribution < 1.29 is 0 Å². The molecule has 1 heterocycles. The maximum atomic E-state index is 2.72. The lowest BCUT2D eigenvalue weighted by molar-refractivity contribution is 0.290. The van der Waals surface area contributed by atoms with Crippen LogP contribution in [0.1, 0.15) is 96.8 Å². The summed E-state index contributed by atoms with van der Waals surface area (Å²) >= 11 is 2.23. The summed E-state index contributed by atoms with van der Waals surface area (Å²) in [7, 11) is 0. The van der Waals surface area contributed by atoms with Gasteiger partial charge < -0.3 is 0 Å². The van der Waals surface area contributed by atoms with Crippen molar-refractivity contribution in [3.8, 4) is 0 Å². The second-order valence-corrected chi connectivity index (χ2v) is 8.32. The molecule has 2 aliphatic rings. The zero-order chi connectivity index (χ0) is 14.0. The Labute approximate surface area is 131 Å². The van der Waals surface area contributed by atoms with Gasteiger partial charge in [0, 0.05) is 17.8 Å². The van der Waals surface area contributed by atoms with Gasteiger partial charge in [0.2, 0.25) is 0 Å². The molecule has 0 aromatic heterocycles. The molecule has 0 amide bonds. The second kappa shape index (κ2) is 10.1. The van der Waals surface area contributed by atoms with E-state index in [1.165, 1.54) is 96.4 Å². The Kier molecular flexibility index (Phi) is 8.43. The Balaban J connectivity index is 1.75. The van der Waals surface area contributed by atoms with Gasteiger partial charge in [0.05, 0.1) is 0 Å². The second-order valence-electron chi connectivity index (χ2n) is 6.97. The van der Waals surface area contributed by atoms with Crippen LogP contribution in [0, 0.1) is 0 Å². The molecule has 2 rings (SSSR count). The van der Waals surface area contributed by atoms with Crippen molar-refractivity contribution >= 4 is 11.9 Å². The number of nitrogens with zero attached hydrogens (tertiary/aromatic N) is 1. The Bertz CT molecular complexity index is 232.